The van der Waals surface area contributed by atoms with E-state index in [4.69, 9.17) is 9.84 Å². The second-order valence-electron chi connectivity index (χ2n) is 8.42. The topological polar surface area (TPSA) is 110 Å². The molecule has 10 nitrogen and oxygen atoms in total. The van der Waals surface area contributed by atoms with Gasteiger partial charge in [0.05, 0.1) is 48.2 Å². The third kappa shape index (κ3) is 2.98. The summed E-state index contributed by atoms with van der Waals surface area (Å²) in [4.78, 5) is 22.1. The number of hydrogen-bond acceptors (Lipinski definition) is 7. The van der Waals surface area contributed by atoms with Crippen LogP contribution in [-0.2, 0) is 18.4 Å². The van der Waals surface area contributed by atoms with E-state index in [2.05, 4.69) is 38.1 Å². The Kier molecular flexibility index (Phi) is 4.29. The molecule has 0 spiro atoms. The number of nitrogens with zero attached hydrogens (tertiary/aromatic N) is 5. The summed E-state index contributed by atoms with van der Waals surface area (Å²) in [7, 11) is 3.80. The maximum Gasteiger partial charge on any atom is 0.271 e. The van der Waals surface area contributed by atoms with Gasteiger partial charge in [-0.3, -0.25) is 4.79 Å². The van der Waals surface area contributed by atoms with Gasteiger partial charge in [-0.25, -0.2) is 14.5 Å². The number of carbonyl (C=O) groups is 1. The molecule has 1 amide bonds. The molecule has 1 aliphatic heterocycles. The first-order valence-electron chi connectivity index (χ1n) is 10.8. The average molecular weight is 432 g/mol. The van der Waals surface area contributed by atoms with E-state index in [0.717, 1.165) is 47.2 Å². The molecule has 32 heavy (non-hydrogen) atoms. The number of carbonyl (C=O) groups excluding carboxylic acids is 1. The molecule has 1 aliphatic carbocycles. The smallest absolute Gasteiger partial charge is 0.271 e. The molecule has 1 fully saturated rings. The summed E-state index contributed by atoms with van der Waals surface area (Å²) >= 11 is 0. The molecule has 1 aromatic carbocycles. The van der Waals surface area contributed by atoms with Gasteiger partial charge in [0.1, 0.15) is 5.52 Å². The van der Waals surface area contributed by atoms with Gasteiger partial charge >= 0.3 is 0 Å². The number of aromatic nitrogens is 5. The van der Waals surface area contributed by atoms with Crippen LogP contribution < -0.4 is 16.0 Å². The van der Waals surface area contributed by atoms with Crippen LogP contribution in [0.1, 0.15) is 35.3 Å². The lowest BCUT2D eigenvalue weighted by Crippen LogP contribution is -2.41. The predicted molar refractivity (Wildman–Crippen MR) is 120 cm³/mol. The molecular weight excluding hydrogens is 408 g/mol. The molecule has 3 aromatic heterocycles. The van der Waals surface area contributed by atoms with Gasteiger partial charge < -0.3 is 25.3 Å². The molecule has 2 atom stereocenters. The fraction of sp³-hybridized carbons (Fsp3) is 0.364. The van der Waals surface area contributed by atoms with Crippen molar-refractivity contribution in [1.82, 2.24) is 29.5 Å². The van der Waals surface area contributed by atoms with Gasteiger partial charge in [-0.05, 0) is 37.0 Å². The van der Waals surface area contributed by atoms with Gasteiger partial charge in [-0.15, -0.1) is 5.10 Å². The minimum Gasteiger partial charge on any atom is -0.385 e. The van der Waals surface area contributed by atoms with Crippen molar-refractivity contribution in [3.8, 4) is 0 Å². The minimum absolute atomic E-state index is 0.0314. The number of benzene rings is 1. The number of rotatable bonds is 1. The van der Waals surface area contributed by atoms with Crippen molar-refractivity contribution >= 4 is 39.8 Å². The quantitative estimate of drug-likeness (QED) is 0.424. The lowest BCUT2D eigenvalue weighted by Gasteiger charge is -2.22. The molecule has 4 aromatic rings. The van der Waals surface area contributed by atoms with E-state index in [9.17, 15) is 4.79 Å². The Morgan fingerprint density at radius 2 is 2.12 bits per heavy atom. The summed E-state index contributed by atoms with van der Waals surface area (Å²) in [5.41, 5.74) is 5.47. The number of anilines is 3. The SMILES string of the molecule is CNc1cc2nn3c(cnc13)C(=O)N[C@@H]1CCC[C@H]1OCc1cc(c3ncn(C)c3c1)N2. The Hall–Kier alpha value is -3.66. The normalized spacial score (nSPS) is 20.8. The van der Waals surface area contributed by atoms with E-state index >= 15 is 0 Å². The summed E-state index contributed by atoms with van der Waals surface area (Å²) < 4.78 is 9.86. The lowest BCUT2D eigenvalue weighted by atomic mass is 10.1. The zero-order chi connectivity index (χ0) is 21.8. The van der Waals surface area contributed by atoms with Crippen molar-refractivity contribution in [2.45, 2.75) is 38.0 Å². The molecule has 1 saturated carbocycles. The standard InChI is InChI=1S/C22H24N8O2/c1-23-15-8-19-26-14-6-12(7-16-20(14)25-11-29(16)2)10-32-18-5-3-4-13(18)27-22(31)17-9-24-21(15)30(17)28-19/h6-9,11,13,18,23H,3-5,10H2,1-2H3,(H,26,28)(H,27,31)/t13-,18-/m1/s1. The highest BCUT2D eigenvalue weighted by Crippen LogP contribution is 2.30. The molecule has 0 unspecified atom stereocenters. The van der Waals surface area contributed by atoms with Gasteiger partial charge in [0.2, 0.25) is 0 Å². The lowest BCUT2D eigenvalue weighted by molar-refractivity contribution is 0.0271. The fourth-order valence-electron chi connectivity index (χ4n) is 4.71. The summed E-state index contributed by atoms with van der Waals surface area (Å²) in [6.07, 6.45) is 6.16. The number of aryl methyl sites for hydroxylation is 1. The highest BCUT2D eigenvalue weighted by molar-refractivity contribution is 5.95. The number of hydrogen-bond donors (Lipinski definition) is 3. The second-order valence-corrected chi connectivity index (χ2v) is 8.42. The molecule has 2 aliphatic rings. The number of amides is 1. The summed E-state index contributed by atoms with van der Waals surface area (Å²) in [6.45, 7) is 0.457. The van der Waals surface area contributed by atoms with Crippen LogP contribution in [-0.4, -0.2) is 49.2 Å². The third-order valence-electron chi connectivity index (χ3n) is 6.36. The van der Waals surface area contributed by atoms with Gasteiger partial charge in [0.15, 0.2) is 17.2 Å². The molecule has 0 saturated heterocycles. The van der Waals surface area contributed by atoms with Gasteiger partial charge in [-0.1, -0.05) is 0 Å². The van der Waals surface area contributed by atoms with Crippen LogP contribution in [0.2, 0.25) is 0 Å². The summed E-state index contributed by atoms with van der Waals surface area (Å²) in [5, 5.41) is 14.4. The van der Waals surface area contributed by atoms with Crippen molar-refractivity contribution in [3.63, 3.8) is 0 Å². The van der Waals surface area contributed by atoms with Crippen molar-refractivity contribution < 1.29 is 9.53 Å². The van der Waals surface area contributed by atoms with Crippen LogP contribution in [0.15, 0.2) is 30.7 Å². The Balaban J connectivity index is 1.56. The molecule has 4 bridgehead atoms. The molecule has 164 valence electrons. The first kappa shape index (κ1) is 19.1. The van der Waals surface area contributed by atoms with E-state index in [-0.39, 0.29) is 18.1 Å². The number of imidazole rings is 2. The highest BCUT2D eigenvalue weighted by Gasteiger charge is 2.31. The maximum atomic E-state index is 13.1. The van der Waals surface area contributed by atoms with Crippen LogP contribution in [0.25, 0.3) is 16.7 Å². The highest BCUT2D eigenvalue weighted by atomic mass is 16.5. The molecule has 0 radical (unpaired) electrons. The fourth-order valence-corrected chi connectivity index (χ4v) is 4.71. The van der Waals surface area contributed by atoms with Crippen molar-refractivity contribution in [1.29, 1.82) is 0 Å². The molecule has 6 rings (SSSR count). The van der Waals surface area contributed by atoms with E-state index in [0.29, 0.717) is 23.8 Å². The van der Waals surface area contributed by atoms with Crippen LogP contribution in [0.5, 0.6) is 0 Å². The van der Waals surface area contributed by atoms with Gasteiger partial charge in [-0.2, -0.15) is 0 Å². The van der Waals surface area contributed by atoms with Crippen LogP contribution in [0.4, 0.5) is 17.2 Å². The Labute approximate surface area is 184 Å². The van der Waals surface area contributed by atoms with Crippen molar-refractivity contribution in [2.75, 3.05) is 17.7 Å². The van der Waals surface area contributed by atoms with Crippen molar-refractivity contribution in [3.05, 3.63) is 42.0 Å². The largest absolute Gasteiger partial charge is 0.385 e. The first-order chi connectivity index (χ1) is 15.6. The van der Waals surface area contributed by atoms with E-state index in [1.54, 1.807) is 17.0 Å². The van der Waals surface area contributed by atoms with E-state index < -0.39 is 0 Å². The Bertz CT molecular complexity index is 1360. The van der Waals surface area contributed by atoms with E-state index in [1.807, 2.05) is 24.7 Å². The number of fused-ring (bicyclic) bond motifs is 6. The zero-order valence-corrected chi connectivity index (χ0v) is 17.9. The second kappa shape index (κ2) is 7.20. The molecule has 3 N–H and O–H groups in total. The monoisotopic (exact) mass is 432 g/mol. The zero-order valence-electron chi connectivity index (χ0n) is 17.9. The van der Waals surface area contributed by atoms with Crippen LogP contribution >= 0.6 is 0 Å². The molecular formula is C22H24N8O2. The van der Waals surface area contributed by atoms with Crippen LogP contribution in [0.3, 0.4) is 0 Å². The van der Waals surface area contributed by atoms with Crippen molar-refractivity contribution in [2.24, 2.45) is 7.05 Å². The summed E-state index contributed by atoms with van der Waals surface area (Å²) in [6, 6.07) is 6.00. The van der Waals surface area contributed by atoms with E-state index in [1.165, 1.54) is 0 Å². The average Bonchev–Trinajstić information content (AvgIpc) is 3.50. The summed E-state index contributed by atoms with van der Waals surface area (Å²) in [5.74, 6) is 0.377. The Morgan fingerprint density at radius 1 is 1.22 bits per heavy atom. The van der Waals surface area contributed by atoms with Crippen LogP contribution in [0, 0.1) is 0 Å². The minimum atomic E-state index is -0.201. The third-order valence-corrected chi connectivity index (χ3v) is 6.36. The molecule has 10 heteroatoms. The predicted octanol–water partition coefficient (Wildman–Crippen LogP) is 2.58. The van der Waals surface area contributed by atoms with Gasteiger partial charge in [0, 0.05) is 20.2 Å². The Morgan fingerprint density at radius 3 is 3.00 bits per heavy atom. The first-order valence-corrected chi connectivity index (χ1v) is 10.8. The number of ether oxygens (including phenoxy) is 1. The number of nitrogens with one attached hydrogen (secondary N) is 3. The molecule has 4 heterocycles. The van der Waals surface area contributed by atoms with Gasteiger partial charge in [0.25, 0.3) is 5.91 Å². The maximum absolute atomic E-state index is 13.1.